The lowest BCUT2D eigenvalue weighted by Crippen LogP contribution is -2.40. The van der Waals surface area contributed by atoms with Crippen molar-refractivity contribution in [3.05, 3.63) is 24.0 Å². The molecule has 3 heterocycles. The lowest BCUT2D eigenvalue weighted by molar-refractivity contribution is -0.115. The summed E-state index contributed by atoms with van der Waals surface area (Å²) in [7, 11) is -10.5. The number of primary amides is 1. The molecule has 200 valence electrons. The number of allylic oxidation sites excluding steroid dienone is 1. The van der Waals surface area contributed by atoms with Gasteiger partial charge < -0.3 is 50.3 Å². The van der Waals surface area contributed by atoms with E-state index in [4.69, 9.17) is 15.2 Å². The zero-order valence-electron chi connectivity index (χ0n) is 18.3. The number of phosphoric acid groups is 2. The third-order valence-electron chi connectivity index (χ3n) is 5.48. The Balaban J connectivity index is 1.53. The van der Waals surface area contributed by atoms with E-state index in [1.54, 1.807) is 6.08 Å². The first kappa shape index (κ1) is 28.3. The van der Waals surface area contributed by atoms with E-state index in [1.165, 1.54) is 24.2 Å². The Hall–Kier alpha value is -1.23. The molecule has 0 aromatic carbocycles. The van der Waals surface area contributed by atoms with Crippen LogP contribution in [0.15, 0.2) is 24.0 Å². The summed E-state index contributed by atoms with van der Waals surface area (Å²) < 4.78 is 48.1. The molecule has 3 rings (SSSR count). The molecule has 8 N–H and O–H groups in total. The first-order chi connectivity index (χ1) is 16.2. The molecular weight excluding hydrogens is 518 g/mol. The highest BCUT2D eigenvalue weighted by atomic mass is 31.3. The number of phosphoric ester groups is 2. The number of carbonyl (C=O) groups is 1. The fourth-order valence-corrected chi connectivity index (χ4v) is 5.69. The minimum absolute atomic E-state index is 0.212. The molecule has 2 saturated heterocycles. The maximum atomic E-state index is 12.1. The average Bonchev–Trinajstić information content (AvgIpc) is 3.20. The van der Waals surface area contributed by atoms with E-state index < -0.39 is 83.7 Å². The molecule has 0 aliphatic carbocycles. The summed E-state index contributed by atoms with van der Waals surface area (Å²) in [6.45, 7) is -0.145. The van der Waals surface area contributed by atoms with Crippen molar-refractivity contribution >= 4 is 21.6 Å². The summed E-state index contributed by atoms with van der Waals surface area (Å²) in [6.07, 6.45) is -5.76. The number of carbonyl (C=O) groups excluding carboxylic acids is 1. The van der Waals surface area contributed by atoms with Crippen molar-refractivity contribution in [1.29, 1.82) is 0 Å². The first-order valence-electron chi connectivity index (χ1n) is 10.3. The average molecular weight is 546 g/mol. The monoisotopic (exact) mass is 546 g/mol. The Morgan fingerprint density at radius 1 is 1.03 bits per heavy atom. The van der Waals surface area contributed by atoms with E-state index in [9.17, 15) is 44.1 Å². The molecule has 0 radical (unpaired) electrons. The van der Waals surface area contributed by atoms with Crippen LogP contribution < -0.4 is 5.73 Å². The van der Waals surface area contributed by atoms with Crippen LogP contribution in [-0.2, 0) is 36.8 Å². The molecule has 0 aromatic rings. The van der Waals surface area contributed by atoms with Crippen molar-refractivity contribution < 1.29 is 67.0 Å². The number of aliphatic hydroxyl groups excluding tert-OH is 4. The molecule has 3 aliphatic rings. The van der Waals surface area contributed by atoms with Crippen LogP contribution in [0.4, 0.5) is 0 Å². The van der Waals surface area contributed by atoms with Gasteiger partial charge in [0.15, 0.2) is 6.23 Å². The van der Waals surface area contributed by atoms with Crippen LogP contribution in [0.3, 0.4) is 0 Å². The van der Waals surface area contributed by atoms with E-state index in [0.717, 1.165) is 0 Å². The van der Waals surface area contributed by atoms with Crippen molar-refractivity contribution in [2.24, 2.45) is 5.73 Å². The smallest absolute Gasteiger partial charge is 0.388 e. The number of rotatable bonds is 10. The summed E-state index contributed by atoms with van der Waals surface area (Å²) >= 11 is 0. The van der Waals surface area contributed by atoms with Gasteiger partial charge in [-0.25, -0.2) is 9.13 Å². The molecule has 35 heavy (non-hydrogen) atoms. The Kier molecular flexibility index (Phi) is 8.93. The number of ether oxygens (including phenoxy) is 2. The molecule has 16 nitrogen and oxygen atoms in total. The molecule has 0 spiro atoms. The van der Waals surface area contributed by atoms with Crippen LogP contribution in [0, 0.1) is 0 Å². The van der Waals surface area contributed by atoms with Crippen LogP contribution in [0.25, 0.3) is 0 Å². The van der Waals surface area contributed by atoms with E-state index >= 15 is 0 Å². The highest BCUT2D eigenvalue weighted by Gasteiger charge is 2.47. The van der Waals surface area contributed by atoms with Crippen molar-refractivity contribution in [1.82, 2.24) is 4.90 Å². The van der Waals surface area contributed by atoms with Crippen LogP contribution in [-0.4, -0.2) is 103 Å². The van der Waals surface area contributed by atoms with Crippen LogP contribution in [0.1, 0.15) is 13.3 Å². The third-order valence-corrected chi connectivity index (χ3v) is 8.08. The van der Waals surface area contributed by atoms with Crippen molar-refractivity contribution in [3.8, 4) is 0 Å². The largest absolute Gasteiger partial charge is 0.481 e. The molecule has 0 aromatic heterocycles. The standard InChI is InChI=1S/C17H28N2O14P2/c1-8-12(20)13(21)10(31-8)6-29-34(25,26)33-35(27,28)30-7-11-14(22)15(23)17(32-11)19-4-2-3-9(5-19)16(18)24/h2,4-5,8,10-15,17,20-23H,3,6-7H2,1H3,(H2,18,24)(H,25,26)(H,27,28)/t8-,10+,11-,12?,13?,14?,15?,17-/m1/s1. The van der Waals surface area contributed by atoms with Gasteiger partial charge >= 0.3 is 15.6 Å². The molecular formula is C17H28N2O14P2. The van der Waals surface area contributed by atoms with Gasteiger partial charge in [0.2, 0.25) is 5.91 Å². The predicted octanol–water partition coefficient (Wildman–Crippen LogP) is -2.22. The van der Waals surface area contributed by atoms with Gasteiger partial charge in [0.25, 0.3) is 0 Å². The maximum Gasteiger partial charge on any atom is 0.481 e. The van der Waals surface area contributed by atoms with Crippen LogP contribution in [0.5, 0.6) is 0 Å². The number of amides is 1. The van der Waals surface area contributed by atoms with Gasteiger partial charge in [0.05, 0.1) is 19.3 Å². The molecule has 18 heteroatoms. The summed E-state index contributed by atoms with van der Waals surface area (Å²) in [5, 5.41) is 39.9. The number of aliphatic hydroxyl groups is 4. The number of nitrogens with zero attached hydrogens (tertiary/aromatic N) is 1. The molecule has 10 atom stereocenters. The quantitative estimate of drug-likeness (QED) is 0.143. The van der Waals surface area contributed by atoms with E-state index in [1.807, 2.05) is 0 Å². The van der Waals surface area contributed by atoms with Crippen molar-refractivity contribution in [2.45, 2.75) is 62.3 Å². The maximum absolute atomic E-state index is 12.1. The van der Waals surface area contributed by atoms with E-state index in [2.05, 4.69) is 13.4 Å². The van der Waals surface area contributed by atoms with Crippen LogP contribution >= 0.6 is 15.6 Å². The molecule has 6 unspecified atom stereocenters. The molecule has 0 saturated carbocycles. The fraction of sp³-hybridized carbons (Fsp3) is 0.706. The normalized spacial score (nSPS) is 38.7. The van der Waals surface area contributed by atoms with Gasteiger partial charge in [-0.2, -0.15) is 4.31 Å². The number of hydrogen-bond donors (Lipinski definition) is 7. The lowest BCUT2D eigenvalue weighted by Gasteiger charge is -2.28. The van der Waals surface area contributed by atoms with Crippen molar-refractivity contribution in [3.63, 3.8) is 0 Å². The van der Waals surface area contributed by atoms with Gasteiger partial charge in [-0.05, 0) is 13.3 Å². The highest BCUT2D eigenvalue weighted by Crippen LogP contribution is 2.60. The summed E-state index contributed by atoms with van der Waals surface area (Å²) in [5.41, 5.74) is 5.45. The Bertz CT molecular complexity index is 946. The van der Waals surface area contributed by atoms with E-state index in [0.29, 0.717) is 0 Å². The second-order valence-corrected chi connectivity index (χ2v) is 11.1. The minimum atomic E-state index is -5.25. The van der Waals surface area contributed by atoms with Gasteiger partial charge in [0.1, 0.15) is 36.6 Å². The van der Waals surface area contributed by atoms with Crippen LogP contribution in [0.2, 0.25) is 0 Å². The van der Waals surface area contributed by atoms with Gasteiger partial charge in [-0.3, -0.25) is 13.8 Å². The topological polar surface area (TPSA) is 248 Å². The minimum Gasteiger partial charge on any atom is -0.388 e. The summed E-state index contributed by atoms with van der Waals surface area (Å²) in [6, 6.07) is 0. The second-order valence-electron chi connectivity index (χ2n) is 8.07. The zero-order chi connectivity index (χ0) is 26.1. The molecule has 0 bridgehead atoms. The summed E-state index contributed by atoms with van der Waals surface area (Å²) in [5.74, 6) is -0.694. The Morgan fingerprint density at radius 2 is 1.57 bits per heavy atom. The predicted molar refractivity (Wildman–Crippen MR) is 113 cm³/mol. The van der Waals surface area contributed by atoms with Gasteiger partial charge in [0, 0.05) is 18.0 Å². The molecule has 1 amide bonds. The third kappa shape index (κ3) is 6.96. The number of hydrogen-bond acceptors (Lipinski definition) is 13. The van der Waals surface area contributed by atoms with Gasteiger partial charge in [-0.15, -0.1) is 0 Å². The first-order valence-corrected chi connectivity index (χ1v) is 13.3. The molecule has 3 aliphatic heterocycles. The zero-order valence-corrected chi connectivity index (χ0v) is 20.1. The SMILES string of the molecule is C[C@H]1O[C@@H](COP(=O)(O)OP(=O)(O)OC[C@H]2O[C@@H](N3C=CCC(C(N)=O)=C3)C(O)C2O)C(O)C1O. The van der Waals surface area contributed by atoms with Gasteiger partial charge in [-0.1, -0.05) is 6.08 Å². The van der Waals surface area contributed by atoms with Crippen molar-refractivity contribution in [2.75, 3.05) is 13.2 Å². The highest BCUT2D eigenvalue weighted by molar-refractivity contribution is 7.61. The number of nitrogens with two attached hydrogens (primary N) is 1. The lowest BCUT2D eigenvalue weighted by atomic mass is 10.1. The Labute approximate surface area is 199 Å². The molecule has 2 fully saturated rings. The summed E-state index contributed by atoms with van der Waals surface area (Å²) in [4.78, 5) is 32.2. The second kappa shape index (κ2) is 11.0. The fourth-order valence-electron chi connectivity index (χ4n) is 3.60. The van der Waals surface area contributed by atoms with E-state index in [-0.39, 0.29) is 12.0 Å². The Morgan fingerprint density at radius 3 is 2.09 bits per heavy atom.